The molecule has 0 radical (unpaired) electrons. The predicted molar refractivity (Wildman–Crippen MR) is 44.2 cm³/mol. The molecule has 0 heterocycles. The molecule has 1 rings (SSSR count). The van der Waals surface area contributed by atoms with Crippen LogP contribution >= 0.6 is 0 Å². The first-order valence-electron chi connectivity index (χ1n) is 4.25. The molecule has 0 amide bonds. The van der Waals surface area contributed by atoms with Gasteiger partial charge in [0, 0.05) is 0 Å². The minimum absolute atomic E-state index is 0.285. The van der Waals surface area contributed by atoms with E-state index in [1.165, 1.54) is 6.42 Å². The van der Waals surface area contributed by atoms with Crippen molar-refractivity contribution in [2.24, 2.45) is 0 Å². The van der Waals surface area contributed by atoms with Crippen molar-refractivity contribution < 1.29 is 9.84 Å². The summed E-state index contributed by atoms with van der Waals surface area (Å²) in [5.74, 6) is 0. The predicted octanol–water partition coefficient (Wildman–Crippen LogP) is 1.84. The third kappa shape index (κ3) is 2.31. The molecule has 0 saturated heterocycles. The van der Waals surface area contributed by atoms with Gasteiger partial charge in [0.25, 0.3) is 0 Å². The first kappa shape index (κ1) is 8.75. The van der Waals surface area contributed by atoms with Crippen LogP contribution < -0.4 is 0 Å². The van der Waals surface area contributed by atoms with Gasteiger partial charge in [0.05, 0.1) is 6.10 Å². The largest absolute Gasteiger partial charge is 0.364 e. The van der Waals surface area contributed by atoms with Gasteiger partial charge in [-0.25, -0.2) is 0 Å². The van der Waals surface area contributed by atoms with Crippen LogP contribution in [0.1, 0.15) is 32.6 Å². The lowest BCUT2D eigenvalue weighted by Gasteiger charge is -2.28. The molecule has 1 saturated carbocycles. The highest BCUT2D eigenvalue weighted by Gasteiger charge is 2.21. The smallest absolute Gasteiger partial charge is 0.177 e. The average molecular weight is 156 g/mol. The lowest BCUT2D eigenvalue weighted by Crippen LogP contribution is -2.28. The molecule has 2 nitrogen and oxygen atoms in total. The molecule has 1 atom stereocenters. The molecule has 1 unspecified atom stereocenters. The summed E-state index contributed by atoms with van der Waals surface area (Å²) in [5, 5.41) is 9.33. The summed E-state index contributed by atoms with van der Waals surface area (Å²) in [6, 6.07) is 0. The maximum atomic E-state index is 9.33. The topological polar surface area (TPSA) is 29.5 Å². The summed E-state index contributed by atoms with van der Waals surface area (Å²) in [6.45, 7) is 5.68. The van der Waals surface area contributed by atoms with Gasteiger partial charge in [-0.05, 0) is 31.3 Å². The van der Waals surface area contributed by atoms with Crippen LogP contribution in [0.5, 0.6) is 0 Å². The first-order valence-corrected chi connectivity index (χ1v) is 4.25. The number of aliphatic hydroxyl groups is 1. The molecule has 1 fully saturated rings. The lowest BCUT2D eigenvalue weighted by atomic mass is 9.96. The number of hydrogen-bond acceptors (Lipinski definition) is 2. The number of ether oxygens (including phenoxy) is 1. The van der Waals surface area contributed by atoms with Gasteiger partial charge in [-0.15, -0.1) is 0 Å². The zero-order chi connectivity index (χ0) is 8.27. The molecule has 0 aromatic rings. The summed E-state index contributed by atoms with van der Waals surface area (Å²) < 4.78 is 5.29. The quantitative estimate of drug-likeness (QED) is 0.497. The normalized spacial score (nSPS) is 20.9. The van der Waals surface area contributed by atoms with Crippen molar-refractivity contribution in [2.45, 2.75) is 45.0 Å². The van der Waals surface area contributed by atoms with Crippen molar-refractivity contribution in [2.75, 3.05) is 0 Å². The zero-order valence-corrected chi connectivity index (χ0v) is 7.05. The van der Waals surface area contributed by atoms with Gasteiger partial charge in [0.2, 0.25) is 0 Å². The van der Waals surface area contributed by atoms with Crippen molar-refractivity contribution >= 4 is 0 Å². The van der Waals surface area contributed by atoms with Crippen LogP contribution in [0.15, 0.2) is 12.2 Å². The van der Waals surface area contributed by atoms with Gasteiger partial charge in [0.15, 0.2) is 6.29 Å². The monoisotopic (exact) mass is 156 g/mol. The molecular weight excluding hydrogens is 140 g/mol. The average Bonchev–Trinajstić information content (AvgIpc) is 1.94. The Kier molecular flexibility index (Phi) is 3.09. The first-order chi connectivity index (χ1) is 5.24. The molecule has 1 aliphatic rings. The molecule has 2 heteroatoms. The Labute approximate surface area is 67.9 Å². The van der Waals surface area contributed by atoms with E-state index in [9.17, 15) is 5.11 Å². The second-order valence-corrected chi connectivity index (χ2v) is 3.05. The van der Waals surface area contributed by atoms with Crippen molar-refractivity contribution in [3.63, 3.8) is 0 Å². The Morgan fingerprint density at radius 2 is 2.36 bits per heavy atom. The Balaban J connectivity index is 2.18. The van der Waals surface area contributed by atoms with Crippen LogP contribution in [0.3, 0.4) is 0 Å². The Morgan fingerprint density at radius 1 is 1.73 bits per heavy atom. The van der Waals surface area contributed by atoms with E-state index in [-0.39, 0.29) is 6.10 Å². The van der Waals surface area contributed by atoms with Crippen LogP contribution in [0.25, 0.3) is 0 Å². The second kappa shape index (κ2) is 3.88. The van der Waals surface area contributed by atoms with Crippen molar-refractivity contribution in [1.29, 1.82) is 0 Å². The highest BCUT2D eigenvalue weighted by Crippen LogP contribution is 2.24. The van der Waals surface area contributed by atoms with Crippen LogP contribution in [0.4, 0.5) is 0 Å². The molecule has 1 aliphatic carbocycles. The molecule has 0 aliphatic heterocycles. The van der Waals surface area contributed by atoms with Gasteiger partial charge in [-0.3, -0.25) is 0 Å². The number of hydrogen-bond donors (Lipinski definition) is 1. The molecule has 64 valence electrons. The zero-order valence-electron chi connectivity index (χ0n) is 7.05. The lowest BCUT2D eigenvalue weighted by molar-refractivity contribution is -0.135. The maximum Gasteiger partial charge on any atom is 0.177 e. The molecule has 11 heavy (non-hydrogen) atoms. The van der Waals surface area contributed by atoms with Crippen LogP contribution in [0, 0.1) is 0 Å². The van der Waals surface area contributed by atoms with E-state index < -0.39 is 6.29 Å². The summed E-state index contributed by atoms with van der Waals surface area (Å²) in [7, 11) is 0. The van der Waals surface area contributed by atoms with Crippen molar-refractivity contribution in [3.8, 4) is 0 Å². The Morgan fingerprint density at radius 3 is 2.73 bits per heavy atom. The molecule has 0 bridgehead atoms. The van der Waals surface area contributed by atoms with Crippen LogP contribution in [-0.2, 0) is 4.74 Å². The van der Waals surface area contributed by atoms with Gasteiger partial charge >= 0.3 is 0 Å². The molecule has 0 aromatic heterocycles. The van der Waals surface area contributed by atoms with E-state index in [2.05, 4.69) is 6.58 Å². The van der Waals surface area contributed by atoms with E-state index in [4.69, 9.17) is 4.74 Å². The van der Waals surface area contributed by atoms with E-state index >= 15 is 0 Å². The summed E-state index contributed by atoms with van der Waals surface area (Å²) in [6.07, 6.45) is 3.75. The summed E-state index contributed by atoms with van der Waals surface area (Å²) in [5.41, 5.74) is 0.775. The maximum absolute atomic E-state index is 9.33. The van der Waals surface area contributed by atoms with Gasteiger partial charge in [0.1, 0.15) is 0 Å². The van der Waals surface area contributed by atoms with E-state index in [0.717, 1.165) is 24.8 Å². The fourth-order valence-corrected chi connectivity index (χ4v) is 0.960. The van der Waals surface area contributed by atoms with E-state index in [1.54, 1.807) is 0 Å². The molecule has 0 spiro atoms. The number of aliphatic hydroxyl groups excluding tert-OH is 1. The van der Waals surface area contributed by atoms with E-state index in [1.807, 2.05) is 6.92 Å². The fourth-order valence-electron chi connectivity index (χ4n) is 0.960. The second-order valence-electron chi connectivity index (χ2n) is 3.05. The van der Waals surface area contributed by atoms with Gasteiger partial charge < -0.3 is 9.84 Å². The summed E-state index contributed by atoms with van der Waals surface area (Å²) >= 11 is 0. The minimum atomic E-state index is -0.731. The number of rotatable bonds is 4. The minimum Gasteiger partial charge on any atom is -0.364 e. The Bertz CT molecular complexity index is 138. The highest BCUT2D eigenvalue weighted by molar-refractivity contribution is 4.96. The molecule has 0 aromatic carbocycles. The molecule has 1 N–H and O–H groups in total. The van der Waals surface area contributed by atoms with Crippen molar-refractivity contribution in [3.05, 3.63) is 12.2 Å². The Hall–Kier alpha value is -0.340. The van der Waals surface area contributed by atoms with E-state index in [0.29, 0.717) is 0 Å². The van der Waals surface area contributed by atoms with Crippen LogP contribution in [-0.4, -0.2) is 17.5 Å². The third-order valence-electron chi connectivity index (χ3n) is 2.18. The SMILES string of the molecule is C=C(CC)C(O)OC1CCC1. The fraction of sp³-hybridized carbons (Fsp3) is 0.778. The molecular formula is C9H16O2. The third-order valence-corrected chi connectivity index (χ3v) is 2.18. The van der Waals surface area contributed by atoms with Crippen molar-refractivity contribution in [1.82, 2.24) is 0 Å². The summed E-state index contributed by atoms with van der Waals surface area (Å²) in [4.78, 5) is 0. The van der Waals surface area contributed by atoms with Crippen LogP contribution in [0.2, 0.25) is 0 Å². The van der Waals surface area contributed by atoms with Gasteiger partial charge in [-0.1, -0.05) is 13.5 Å². The highest BCUT2D eigenvalue weighted by atomic mass is 16.6. The van der Waals surface area contributed by atoms with Gasteiger partial charge in [-0.2, -0.15) is 0 Å². The standard InChI is InChI=1S/C9H16O2/c1-3-7(2)9(10)11-8-5-4-6-8/h8-10H,2-6H2,1H3.